The molecule has 2 N–H and O–H groups in total. The number of carbonyl (C=O) groups excluding carboxylic acids is 1. The topological polar surface area (TPSA) is 41.1 Å². The highest BCUT2D eigenvalue weighted by Crippen LogP contribution is 2.21. The smallest absolute Gasteiger partial charge is 0.257 e. The summed E-state index contributed by atoms with van der Waals surface area (Å²) in [5, 5.41) is 6.29. The number of para-hydroxylation sites is 1. The van der Waals surface area contributed by atoms with Gasteiger partial charge < -0.3 is 10.6 Å². The van der Waals surface area contributed by atoms with Gasteiger partial charge in [-0.3, -0.25) is 4.79 Å². The summed E-state index contributed by atoms with van der Waals surface area (Å²) in [6.45, 7) is 6.10. The molecule has 0 aliphatic heterocycles. The van der Waals surface area contributed by atoms with Crippen LogP contribution < -0.4 is 10.6 Å². The maximum Gasteiger partial charge on any atom is 0.257 e. The molecule has 2 rings (SSSR count). The molecule has 0 saturated carbocycles. The van der Waals surface area contributed by atoms with Crippen LogP contribution in [0.5, 0.6) is 0 Å². The van der Waals surface area contributed by atoms with E-state index in [4.69, 9.17) is 0 Å². The summed E-state index contributed by atoms with van der Waals surface area (Å²) >= 11 is 2.26. The molecule has 3 nitrogen and oxygen atoms in total. The maximum absolute atomic E-state index is 12.5. The number of halogens is 1. The van der Waals surface area contributed by atoms with Crippen molar-refractivity contribution in [1.82, 2.24) is 0 Å². The van der Waals surface area contributed by atoms with Crippen molar-refractivity contribution in [3.63, 3.8) is 0 Å². The van der Waals surface area contributed by atoms with Crippen molar-refractivity contribution in [2.24, 2.45) is 0 Å². The Bertz CT molecular complexity index is 653. The van der Waals surface area contributed by atoms with Crippen molar-refractivity contribution in [2.75, 3.05) is 10.6 Å². The summed E-state index contributed by atoms with van der Waals surface area (Å²) in [4.78, 5) is 12.5. The Labute approximate surface area is 139 Å². The molecule has 4 heteroatoms. The van der Waals surface area contributed by atoms with E-state index in [0.29, 0.717) is 5.56 Å². The van der Waals surface area contributed by atoms with Crippen LogP contribution in [-0.2, 0) is 0 Å². The number of anilines is 2. The van der Waals surface area contributed by atoms with E-state index in [1.54, 1.807) is 0 Å². The minimum absolute atomic E-state index is 0.0944. The normalized spacial score (nSPS) is 10.5. The largest absolute Gasteiger partial charge is 0.382 e. The summed E-state index contributed by atoms with van der Waals surface area (Å²) in [6, 6.07) is 13.8. The average molecular weight is 394 g/mol. The second-order valence-electron chi connectivity index (χ2n) is 5.26. The van der Waals surface area contributed by atoms with E-state index in [1.807, 2.05) is 43.3 Å². The zero-order valence-corrected chi connectivity index (χ0v) is 14.6. The minimum Gasteiger partial charge on any atom is -0.382 e. The quantitative estimate of drug-likeness (QED) is 0.740. The van der Waals surface area contributed by atoms with Crippen LogP contribution in [0.3, 0.4) is 0 Å². The molecule has 21 heavy (non-hydrogen) atoms. The molecule has 0 bridgehead atoms. The summed E-state index contributed by atoms with van der Waals surface area (Å²) in [7, 11) is 0. The zero-order chi connectivity index (χ0) is 15.4. The van der Waals surface area contributed by atoms with Crippen molar-refractivity contribution in [3.8, 4) is 0 Å². The number of hydrogen-bond acceptors (Lipinski definition) is 2. The van der Waals surface area contributed by atoms with Gasteiger partial charge in [-0.2, -0.15) is 0 Å². The van der Waals surface area contributed by atoms with Crippen molar-refractivity contribution in [1.29, 1.82) is 0 Å². The van der Waals surface area contributed by atoms with E-state index < -0.39 is 0 Å². The number of hydrogen-bond donors (Lipinski definition) is 2. The molecule has 0 heterocycles. The monoisotopic (exact) mass is 394 g/mol. The third kappa shape index (κ3) is 4.20. The second kappa shape index (κ2) is 6.93. The van der Waals surface area contributed by atoms with Gasteiger partial charge in [-0.25, -0.2) is 0 Å². The highest BCUT2D eigenvalue weighted by Gasteiger charge is 2.12. The summed E-state index contributed by atoms with van der Waals surface area (Å²) in [5.41, 5.74) is 3.42. The van der Waals surface area contributed by atoms with Crippen LogP contribution in [0.1, 0.15) is 29.8 Å². The Morgan fingerprint density at radius 3 is 2.48 bits per heavy atom. The number of benzene rings is 2. The molecule has 2 aromatic carbocycles. The second-order valence-corrected chi connectivity index (χ2v) is 6.50. The molecular weight excluding hydrogens is 375 g/mol. The van der Waals surface area contributed by atoms with E-state index >= 15 is 0 Å². The molecule has 2 aromatic rings. The summed E-state index contributed by atoms with van der Waals surface area (Å²) < 4.78 is 1.16. The molecule has 0 saturated heterocycles. The van der Waals surface area contributed by atoms with Gasteiger partial charge in [0.25, 0.3) is 5.91 Å². The van der Waals surface area contributed by atoms with Gasteiger partial charge in [-0.15, -0.1) is 0 Å². The number of aryl methyl sites for hydroxylation is 1. The van der Waals surface area contributed by atoms with Gasteiger partial charge in [0.05, 0.1) is 5.56 Å². The first-order valence-corrected chi connectivity index (χ1v) is 7.98. The average Bonchev–Trinajstić information content (AvgIpc) is 2.42. The van der Waals surface area contributed by atoms with Gasteiger partial charge >= 0.3 is 0 Å². The SMILES string of the molecule is Cc1cc(I)ccc1NC(=O)c1ccccc1NC(C)C. The lowest BCUT2D eigenvalue weighted by atomic mass is 10.1. The third-order valence-electron chi connectivity index (χ3n) is 3.05. The fourth-order valence-electron chi connectivity index (χ4n) is 2.07. The Morgan fingerprint density at radius 1 is 1.10 bits per heavy atom. The van der Waals surface area contributed by atoms with Gasteiger partial charge in [0.2, 0.25) is 0 Å². The lowest BCUT2D eigenvalue weighted by Gasteiger charge is -2.15. The fraction of sp³-hybridized carbons (Fsp3) is 0.235. The van der Waals surface area contributed by atoms with Crippen LogP contribution in [0.4, 0.5) is 11.4 Å². The molecule has 0 aliphatic carbocycles. The Balaban J connectivity index is 2.24. The number of nitrogens with one attached hydrogen (secondary N) is 2. The first kappa shape index (κ1) is 15.8. The van der Waals surface area contributed by atoms with Crippen molar-refractivity contribution >= 4 is 39.9 Å². The highest BCUT2D eigenvalue weighted by atomic mass is 127. The van der Waals surface area contributed by atoms with E-state index in [1.165, 1.54) is 0 Å². The molecule has 0 fully saturated rings. The van der Waals surface area contributed by atoms with Crippen molar-refractivity contribution in [3.05, 3.63) is 57.2 Å². The van der Waals surface area contributed by atoms with Crippen LogP contribution in [0.2, 0.25) is 0 Å². The first-order valence-electron chi connectivity index (χ1n) is 6.90. The first-order chi connectivity index (χ1) is 9.97. The lowest BCUT2D eigenvalue weighted by Crippen LogP contribution is -2.18. The van der Waals surface area contributed by atoms with Crippen LogP contribution >= 0.6 is 22.6 Å². The molecular formula is C17H19IN2O. The van der Waals surface area contributed by atoms with Gasteiger partial charge in [0.1, 0.15) is 0 Å². The summed E-state index contributed by atoms with van der Waals surface area (Å²) in [6.07, 6.45) is 0. The Kier molecular flexibility index (Phi) is 5.22. The highest BCUT2D eigenvalue weighted by molar-refractivity contribution is 14.1. The number of carbonyl (C=O) groups is 1. The van der Waals surface area contributed by atoms with Crippen molar-refractivity contribution in [2.45, 2.75) is 26.8 Å². The predicted octanol–water partition coefficient (Wildman–Crippen LogP) is 4.67. The molecule has 0 aromatic heterocycles. The van der Waals surface area contributed by atoms with Crippen molar-refractivity contribution < 1.29 is 4.79 Å². The Hall–Kier alpha value is -1.56. The zero-order valence-electron chi connectivity index (χ0n) is 12.4. The van der Waals surface area contributed by atoms with Gasteiger partial charge in [0.15, 0.2) is 0 Å². The molecule has 1 amide bonds. The predicted molar refractivity (Wildman–Crippen MR) is 97.0 cm³/mol. The Morgan fingerprint density at radius 2 is 1.81 bits per heavy atom. The molecule has 110 valence electrons. The fourth-order valence-corrected chi connectivity index (χ4v) is 2.72. The number of amides is 1. The summed E-state index contributed by atoms with van der Waals surface area (Å²) in [5.74, 6) is -0.0944. The molecule has 0 atom stereocenters. The minimum atomic E-state index is -0.0944. The van der Waals surface area contributed by atoms with E-state index in [9.17, 15) is 4.79 Å². The standard InChI is InChI=1S/C17H19IN2O/c1-11(2)19-16-7-5-4-6-14(16)17(21)20-15-9-8-13(18)10-12(15)3/h4-11,19H,1-3H3,(H,20,21). The van der Waals surface area contributed by atoms with Gasteiger partial charge in [0, 0.05) is 21.0 Å². The molecule has 0 spiro atoms. The van der Waals surface area contributed by atoms with Crippen LogP contribution in [0, 0.1) is 10.5 Å². The molecule has 0 radical (unpaired) electrons. The van der Waals surface area contributed by atoms with Crippen LogP contribution in [0.15, 0.2) is 42.5 Å². The number of rotatable bonds is 4. The van der Waals surface area contributed by atoms with Crippen LogP contribution in [0.25, 0.3) is 0 Å². The molecule has 0 aliphatic rings. The van der Waals surface area contributed by atoms with Crippen LogP contribution in [-0.4, -0.2) is 11.9 Å². The maximum atomic E-state index is 12.5. The van der Waals surface area contributed by atoms with Gasteiger partial charge in [-0.05, 0) is 79.3 Å². The van der Waals surface area contributed by atoms with Gasteiger partial charge in [-0.1, -0.05) is 12.1 Å². The molecule has 0 unspecified atom stereocenters. The lowest BCUT2D eigenvalue weighted by molar-refractivity contribution is 0.102. The van der Waals surface area contributed by atoms with E-state index in [-0.39, 0.29) is 11.9 Å². The van der Waals surface area contributed by atoms with E-state index in [0.717, 1.165) is 20.5 Å². The van der Waals surface area contributed by atoms with E-state index in [2.05, 4.69) is 53.1 Å². The third-order valence-corrected chi connectivity index (χ3v) is 3.72.